The molecule has 4 nitrogen and oxygen atoms in total. The lowest BCUT2D eigenvalue weighted by atomic mass is 10.3. The van der Waals surface area contributed by atoms with Crippen molar-refractivity contribution in [2.24, 2.45) is 0 Å². The van der Waals surface area contributed by atoms with Gasteiger partial charge in [0, 0.05) is 19.7 Å². The molecule has 0 saturated heterocycles. The number of aliphatic hydroxyl groups excluding tert-OH is 1. The van der Waals surface area contributed by atoms with Crippen LogP contribution in [0.25, 0.3) is 0 Å². The van der Waals surface area contributed by atoms with Gasteiger partial charge in [-0.3, -0.25) is 0 Å². The molecule has 0 radical (unpaired) electrons. The fraction of sp³-hybridized carbons (Fsp3) is 0.846. The average Bonchev–Trinajstić information content (AvgIpc) is 2.27. The summed E-state index contributed by atoms with van der Waals surface area (Å²) in [6, 6.07) is 0. The Bertz CT molecular complexity index is 186. The van der Waals surface area contributed by atoms with Gasteiger partial charge in [-0.15, -0.1) is 0 Å². The standard InChI is InChI=1S/C13H27NO3/c1-4-5-6-16-7-8-17-11-13(15)10-14-9-12(2)3/h13-15H,2,4-11H2,1,3H3. The molecule has 0 heterocycles. The lowest BCUT2D eigenvalue weighted by Crippen LogP contribution is -2.31. The first-order valence-electron chi connectivity index (χ1n) is 6.35. The van der Waals surface area contributed by atoms with Gasteiger partial charge in [-0.1, -0.05) is 25.5 Å². The molecule has 0 aliphatic rings. The zero-order chi connectivity index (χ0) is 12.9. The molecule has 0 aliphatic carbocycles. The van der Waals surface area contributed by atoms with Crippen LogP contribution in [0.2, 0.25) is 0 Å². The van der Waals surface area contributed by atoms with Crippen LogP contribution in [0.5, 0.6) is 0 Å². The fourth-order valence-electron chi connectivity index (χ4n) is 1.20. The quantitative estimate of drug-likeness (QED) is 0.402. The molecule has 1 atom stereocenters. The summed E-state index contributed by atoms with van der Waals surface area (Å²) in [4.78, 5) is 0. The van der Waals surface area contributed by atoms with Gasteiger partial charge in [-0.25, -0.2) is 0 Å². The molecular formula is C13H27NO3. The Hall–Kier alpha value is -0.420. The molecule has 4 heteroatoms. The summed E-state index contributed by atoms with van der Waals surface area (Å²) in [7, 11) is 0. The molecule has 0 rings (SSSR count). The summed E-state index contributed by atoms with van der Waals surface area (Å²) < 4.78 is 10.6. The third-order valence-corrected chi connectivity index (χ3v) is 2.13. The van der Waals surface area contributed by atoms with Crippen LogP contribution < -0.4 is 5.32 Å². The van der Waals surface area contributed by atoms with Crippen LogP contribution in [0.15, 0.2) is 12.2 Å². The van der Waals surface area contributed by atoms with Gasteiger partial charge in [0.1, 0.15) is 0 Å². The van der Waals surface area contributed by atoms with Crippen LogP contribution in [0.1, 0.15) is 26.7 Å². The minimum atomic E-state index is -0.468. The minimum absolute atomic E-state index is 0.348. The lowest BCUT2D eigenvalue weighted by molar-refractivity contribution is 0.00415. The van der Waals surface area contributed by atoms with Gasteiger partial charge in [-0.2, -0.15) is 0 Å². The maximum Gasteiger partial charge on any atom is 0.0897 e. The van der Waals surface area contributed by atoms with E-state index in [4.69, 9.17) is 9.47 Å². The van der Waals surface area contributed by atoms with Crippen LogP contribution in [-0.2, 0) is 9.47 Å². The monoisotopic (exact) mass is 245 g/mol. The summed E-state index contributed by atoms with van der Waals surface area (Å²) in [6.07, 6.45) is 1.77. The summed E-state index contributed by atoms with van der Waals surface area (Å²) in [5, 5.41) is 12.6. The van der Waals surface area contributed by atoms with E-state index in [1.165, 1.54) is 0 Å². The number of hydrogen-bond donors (Lipinski definition) is 2. The van der Waals surface area contributed by atoms with Crippen molar-refractivity contribution in [3.05, 3.63) is 12.2 Å². The minimum Gasteiger partial charge on any atom is -0.389 e. The maximum absolute atomic E-state index is 9.54. The maximum atomic E-state index is 9.54. The van der Waals surface area contributed by atoms with E-state index in [0.717, 1.165) is 31.6 Å². The number of unbranched alkanes of at least 4 members (excludes halogenated alkanes) is 1. The van der Waals surface area contributed by atoms with E-state index in [1.54, 1.807) is 0 Å². The molecule has 0 spiro atoms. The molecule has 0 fully saturated rings. The Balaban J connectivity index is 3.16. The summed E-state index contributed by atoms with van der Waals surface area (Å²) >= 11 is 0. The SMILES string of the molecule is C=C(C)CNCC(O)COCCOCCCC. The third-order valence-electron chi connectivity index (χ3n) is 2.13. The summed E-state index contributed by atoms with van der Waals surface area (Å²) in [6.45, 7) is 11.4. The molecule has 0 aromatic carbocycles. The number of ether oxygens (including phenoxy) is 2. The Morgan fingerprint density at radius 1 is 1.29 bits per heavy atom. The van der Waals surface area contributed by atoms with Crippen LogP contribution in [0.3, 0.4) is 0 Å². The molecule has 17 heavy (non-hydrogen) atoms. The van der Waals surface area contributed by atoms with Crippen molar-refractivity contribution in [3.8, 4) is 0 Å². The second-order valence-corrected chi connectivity index (χ2v) is 4.28. The Morgan fingerprint density at radius 3 is 2.65 bits per heavy atom. The van der Waals surface area contributed by atoms with Crippen molar-refractivity contribution in [1.82, 2.24) is 5.32 Å². The lowest BCUT2D eigenvalue weighted by Gasteiger charge is -2.12. The van der Waals surface area contributed by atoms with Gasteiger partial charge in [0.05, 0.1) is 25.9 Å². The first-order valence-corrected chi connectivity index (χ1v) is 6.35. The molecule has 0 saturated carbocycles. The fourth-order valence-corrected chi connectivity index (χ4v) is 1.20. The predicted molar refractivity (Wildman–Crippen MR) is 70.2 cm³/mol. The van der Waals surface area contributed by atoms with Gasteiger partial charge in [0.15, 0.2) is 0 Å². The van der Waals surface area contributed by atoms with E-state index in [2.05, 4.69) is 18.8 Å². The van der Waals surface area contributed by atoms with Crippen molar-refractivity contribution >= 4 is 0 Å². The van der Waals surface area contributed by atoms with Crippen molar-refractivity contribution in [1.29, 1.82) is 0 Å². The first kappa shape index (κ1) is 16.6. The molecule has 102 valence electrons. The van der Waals surface area contributed by atoms with E-state index >= 15 is 0 Å². The van der Waals surface area contributed by atoms with Gasteiger partial charge >= 0.3 is 0 Å². The highest BCUT2D eigenvalue weighted by molar-refractivity contribution is 4.90. The molecule has 0 bridgehead atoms. The van der Waals surface area contributed by atoms with Crippen molar-refractivity contribution in [2.45, 2.75) is 32.8 Å². The highest BCUT2D eigenvalue weighted by atomic mass is 16.5. The van der Waals surface area contributed by atoms with Crippen molar-refractivity contribution in [2.75, 3.05) is 39.5 Å². The molecule has 0 aliphatic heterocycles. The summed E-state index contributed by atoms with van der Waals surface area (Å²) in [5.74, 6) is 0. The van der Waals surface area contributed by atoms with E-state index in [1.807, 2.05) is 6.92 Å². The van der Waals surface area contributed by atoms with Gasteiger partial charge in [-0.05, 0) is 13.3 Å². The van der Waals surface area contributed by atoms with Gasteiger partial charge in [0.25, 0.3) is 0 Å². The Morgan fingerprint density at radius 2 is 2.00 bits per heavy atom. The molecule has 1 unspecified atom stereocenters. The van der Waals surface area contributed by atoms with E-state index in [0.29, 0.717) is 26.4 Å². The largest absolute Gasteiger partial charge is 0.389 e. The second kappa shape index (κ2) is 12.0. The van der Waals surface area contributed by atoms with E-state index in [9.17, 15) is 5.11 Å². The number of aliphatic hydroxyl groups is 1. The van der Waals surface area contributed by atoms with Gasteiger partial charge in [0.2, 0.25) is 0 Å². The van der Waals surface area contributed by atoms with Crippen molar-refractivity contribution < 1.29 is 14.6 Å². The van der Waals surface area contributed by atoms with Crippen molar-refractivity contribution in [3.63, 3.8) is 0 Å². The number of nitrogens with one attached hydrogen (secondary N) is 1. The molecule has 0 aromatic rings. The molecule has 0 amide bonds. The predicted octanol–water partition coefficient (Wildman–Crippen LogP) is 1.35. The van der Waals surface area contributed by atoms with E-state index in [-0.39, 0.29) is 0 Å². The van der Waals surface area contributed by atoms with Gasteiger partial charge < -0.3 is 19.9 Å². The first-order chi connectivity index (χ1) is 8.16. The molecule has 0 aromatic heterocycles. The van der Waals surface area contributed by atoms with Crippen LogP contribution >= 0.6 is 0 Å². The zero-order valence-corrected chi connectivity index (χ0v) is 11.2. The molecular weight excluding hydrogens is 218 g/mol. The average molecular weight is 245 g/mol. The normalized spacial score (nSPS) is 12.6. The highest BCUT2D eigenvalue weighted by Gasteiger charge is 2.03. The zero-order valence-electron chi connectivity index (χ0n) is 11.2. The summed E-state index contributed by atoms with van der Waals surface area (Å²) in [5.41, 5.74) is 1.06. The Labute approximate surface area is 105 Å². The topological polar surface area (TPSA) is 50.7 Å². The number of hydrogen-bond acceptors (Lipinski definition) is 4. The smallest absolute Gasteiger partial charge is 0.0897 e. The number of rotatable bonds is 12. The van der Waals surface area contributed by atoms with E-state index < -0.39 is 6.10 Å². The van der Waals surface area contributed by atoms with Crippen LogP contribution in [0.4, 0.5) is 0 Å². The second-order valence-electron chi connectivity index (χ2n) is 4.28. The van der Waals surface area contributed by atoms with Crippen LogP contribution in [-0.4, -0.2) is 50.7 Å². The Kier molecular flexibility index (Phi) is 11.8. The third kappa shape index (κ3) is 13.5. The molecule has 2 N–H and O–H groups in total. The highest BCUT2D eigenvalue weighted by Crippen LogP contribution is 1.89. The van der Waals surface area contributed by atoms with Crippen LogP contribution in [0, 0.1) is 0 Å².